The Hall–Kier alpha value is -1.10. The van der Waals surface area contributed by atoms with Gasteiger partial charge in [0.05, 0.1) is 22.7 Å². The number of nitrogens with zero attached hydrogens (tertiary/aromatic N) is 1. The molecule has 0 spiro atoms. The molecule has 1 heterocycles. The molecular formula is C13H15ClN2OS. The molecule has 1 unspecified atom stereocenters. The summed E-state index contributed by atoms with van der Waals surface area (Å²) < 4.78 is 0. The maximum absolute atomic E-state index is 9.48. The Labute approximate surface area is 115 Å². The number of rotatable bonds is 5. The molecule has 3 nitrogen and oxygen atoms in total. The lowest BCUT2D eigenvalue weighted by atomic mass is 10.1. The van der Waals surface area contributed by atoms with Crippen LogP contribution in [-0.4, -0.2) is 28.6 Å². The fraction of sp³-hybridized carbons (Fsp3) is 0.308. The number of aliphatic hydroxyl groups excluding tert-OH is 1. The van der Waals surface area contributed by atoms with Crippen molar-refractivity contribution >= 4 is 28.6 Å². The predicted octanol–water partition coefficient (Wildman–Crippen LogP) is 3.13. The molecule has 0 bridgehead atoms. The number of anilines is 1. The minimum atomic E-state index is -0.545. The number of aromatic nitrogens is 1. The average Bonchev–Trinajstić information content (AvgIpc) is 2.83. The van der Waals surface area contributed by atoms with Gasteiger partial charge in [0, 0.05) is 23.2 Å². The lowest BCUT2D eigenvalue weighted by Crippen LogP contribution is -2.21. The highest BCUT2D eigenvalue weighted by molar-refractivity contribution is 7.09. The van der Waals surface area contributed by atoms with E-state index in [9.17, 15) is 5.11 Å². The van der Waals surface area contributed by atoms with Crippen LogP contribution in [0, 0.1) is 6.92 Å². The van der Waals surface area contributed by atoms with E-state index >= 15 is 0 Å². The Morgan fingerprint density at radius 3 is 2.89 bits per heavy atom. The van der Waals surface area contributed by atoms with E-state index in [-0.39, 0.29) is 5.88 Å². The van der Waals surface area contributed by atoms with Crippen molar-refractivity contribution in [3.63, 3.8) is 0 Å². The van der Waals surface area contributed by atoms with Crippen molar-refractivity contribution in [3.05, 3.63) is 34.7 Å². The molecule has 0 fully saturated rings. The summed E-state index contributed by atoms with van der Waals surface area (Å²) in [5.74, 6) is 0.227. The quantitative estimate of drug-likeness (QED) is 0.828. The maximum atomic E-state index is 9.48. The van der Waals surface area contributed by atoms with Crippen LogP contribution >= 0.6 is 22.9 Å². The van der Waals surface area contributed by atoms with Crippen LogP contribution in [0.1, 0.15) is 5.01 Å². The molecule has 1 aromatic heterocycles. The first-order valence-corrected chi connectivity index (χ1v) is 7.11. The number of para-hydroxylation sites is 1. The monoisotopic (exact) mass is 282 g/mol. The second-order valence-corrected chi connectivity index (χ2v) is 5.36. The number of thiazole rings is 1. The van der Waals surface area contributed by atoms with Gasteiger partial charge in [-0.1, -0.05) is 18.2 Å². The molecule has 0 amide bonds. The first-order valence-electron chi connectivity index (χ1n) is 5.70. The molecule has 96 valence electrons. The van der Waals surface area contributed by atoms with Crippen molar-refractivity contribution < 1.29 is 5.11 Å². The predicted molar refractivity (Wildman–Crippen MR) is 77.5 cm³/mol. The molecule has 2 rings (SSSR count). The van der Waals surface area contributed by atoms with Crippen LogP contribution in [0.4, 0.5) is 5.69 Å². The molecular weight excluding hydrogens is 268 g/mol. The van der Waals surface area contributed by atoms with Crippen LogP contribution in [0.3, 0.4) is 0 Å². The molecule has 5 heteroatoms. The topological polar surface area (TPSA) is 45.2 Å². The third-order valence-corrected chi connectivity index (χ3v) is 3.66. The number of aliphatic hydroxyl groups is 1. The second-order valence-electron chi connectivity index (χ2n) is 3.99. The Morgan fingerprint density at radius 2 is 2.22 bits per heavy atom. The summed E-state index contributed by atoms with van der Waals surface area (Å²) in [6, 6.07) is 7.93. The van der Waals surface area contributed by atoms with Crippen LogP contribution in [0.5, 0.6) is 0 Å². The lowest BCUT2D eigenvalue weighted by molar-refractivity contribution is 0.211. The molecule has 0 radical (unpaired) electrons. The molecule has 2 aromatic rings. The molecule has 0 aliphatic carbocycles. The third kappa shape index (κ3) is 3.22. The fourth-order valence-electron chi connectivity index (χ4n) is 1.63. The van der Waals surface area contributed by atoms with E-state index in [1.165, 1.54) is 0 Å². The molecule has 2 N–H and O–H groups in total. The van der Waals surface area contributed by atoms with E-state index in [4.69, 9.17) is 11.6 Å². The zero-order chi connectivity index (χ0) is 13.0. The van der Waals surface area contributed by atoms with Crippen molar-refractivity contribution in [1.82, 2.24) is 4.98 Å². The van der Waals surface area contributed by atoms with Crippen LogP contribution in [0.25, 0.3) is 11.3 Å². The van der Waals surface area contributed by atoms with Crippen LogP contribution in [-0.2, 0) is 0 Å². The maximum Gasteiger partial charge on any atom is 0.0901 e. The Bertz CT molecular complexity index is 515. The van der Waals surface area contributed by atoms with E-state index in [1.54, 1.807) is 11.3 Å². The molecule has 1 atom stereocenters. The van der Waals surface area contributed by atoms with Gasteiger partial charge in [-0.05, 0) is 13.0 Å². The first-order chi connectivity index (χ1) is 8.70. The van der Waals surface area contributed by atoms with Gasteiger partial charge in [0.1, 0.15) is 0 Å². The lowest BCUT2D eigenvalue weighted by Gasteiger charge is -2.13. The van der Waals surface area contributed by atoms with E-state index < -0.39 is 6.10 Å². The van der Waals surface area contributed by atoms with Gasteiger partial charge in [-0.2, -0.15) is 0 Å². The number of aryl methyl sites for hydroxylation is 1. The highest BCUT2D eigenvalue weighted by Crippen LogP contribution is 2.28. The van der Waals surface area contributed by atoms with Crippen molar-refractivity contribution in [1.29, 1.82) is 0 Å². The number of hydrogen-bond donors (Lipinski definition) is 2. The summed E-state index contributed by atoms with van der Waals surface area (Å²) >= 11 is 7.21. The van der Waals surface area contributed by atoms with E-state index in [0.29, 0.717) is 6.54 Å². The zero-order valence-electron chi connectivity index (χ0n) is 10.1. The molecule has 0 aliphatic heterocycles. The number of hydrogen-bond acceptors (Lipinski definition) is 4. The minimum Gasteiger partial charge on any atom is -0.390 e. The van der Waals surface area contributed by atoms with Crippen LogP contribution < -0.4 is 5.32 Å². The highest BCUT2D eigenvalue weighted by atomic mass is 35.5. The number of nitrogens with one attached hydrogen (secondary N) is 1. The van der Waals surface area contributed by atoms with Gasteiger partial charge in [0.15, 0.2) is 0 Å². The van der Waals surface area contributed by atoms with Crippen LogP contribution in [0.15, 0.2) is 29.6 Å². The van der Waals surface area contributed by atoms with Crippen molar-refractivity contribution in [3.8, 4) is 11.3 Å². The van der Waals surface area contributed by atoms with Gasteiger partial charge in [0.25, 0.3) is 0 Å². The summed E-state index contributed by atoms with van der Waals surface area (Å²) in [6.07, 6.45) is -0.545. The standard InChI is InChI=1S/C13H15ClN2OS/c1-9-16-13(8-18-9)11-4-2-3-5-12(11)15-7-10(17)6-14/h2-5,8,10,15,17H,6-7H2,1H3. The largest absolute Gasteiger partial charge is 0.390 e. The van der Waals surface area contributed by atoms with Crippen molar-refractivity contribution in [2.45, 2.75) is 13.0 Å². The number of benzene rings is 1. The minimum absolute atomic E-state index is 0.227. The van der Waals surface area contributed by atoms with Crippen molar-refractivity contribution in [2.24, 2.45) is 0 Å². The van der Waals surface area contributed by atoms with Crippen LogP contribution in [0.2, 0.25) is 0 Å². The summed E-state index contributed by atoms with van der Waals surface area (Å²) in [5, 5.41) is 15.8. The smallest absolute Gasteiger partial charge is 0.0901 e. The molecule has 0 saturated carbocycles. The zero-order valence-corrected chi connectivity index (χ0v) is 11.6. The summed E-state index contributed by atoms with van der Waals surface area (Å²) in [6.45, 7) is 2.42. The van der Waals surface area contributed by atoms with Gasteiger partial charge >= 0.3 is 0 Å². The first kappa shape index (κ1) is 13.3. The summed E-state index contributed by atoms with van der Waals surface area (Å²) in [4.78, 5) is 4.48. The summed E-state index contributed by atoms with van der Waals surface area (Å²) in [7, 11) is 0. The highest BCUT2D eigenvalue weighted by Gasteiger charge is 2.08. The Morgan fingerprint density at radius 1 is 1.44 bits per heavy atom. The average molecular weight is 283 g/mol. The molecule has 18 heavy (non-hydrogen) atoms. The van der Waals surface area contributed by atoms with E-state index in [1.807, 2.05) is 36.6 Å². The normalized spacial score (nSPS) is 12.4. The molecule has 0 aliphatic rings. The molecule has 0 saturated heterocycles. The SMILES string of the molecule is Cc1nc(-c2ccccc2NCC(O)CCl)cs1. The number of alkyl halides is 1. The Balaban J connectivity index is 2.20. The van der Waals surface area contributed by atoms with Gasteiger partial charge < -0.3 is 10.4 Å². The Kier molecular flexibility index (Phi) is 4.58. The fourth-order valence-corrected chi connectivity index (χ4v) is 2.35. The summed E-state index contributed by atoms with van der Waals surface area (Å²) in [5.41, 5.74) is 2.97. The van der Waals surface area contributed by atoms with Gasteiger partial charge in [0.2, 0.25) is 0 Å². The van der Waals surface area contributed by atoms with Crippen molar-refractivity contribution in [2.75, 3.05) is 17.7 Å². The van der Waals surface area contributed by atoms with E-state index in [2.05, 4.69) is 10.3 Å². The number of halogens is 1. The van der Waals surface area contributed by atoms with Gasteiger partial charge in [-0.25, -0.2) is 4.98 Å². The second kappa shape index (κ2) is 6.18. The van der Waals surface area contributed by atoms with Gasteiger partial charge in [-0.15, -0.1) is 22.9 Å². The molecule has 1 aromatic carbocycles. The third-order valence-electron chi connectivity index (χ3n) is 2.53. The van der Waals surface area contributed by atoms with Gasteiger partial charge in [-0.3, -0.25) is 0 Å². The van der Waals surface area contributed by atoms with E-state index in [0.717, 1.165) is 22.0 Å².